The second-order valence-corrected chi connectivity index (χ2v) is 13.8. The lowest BCUT2D eigenvalue weighted by atomic mass is 9.55. The molecule has 11 nitrogen and oxygen atoms in total. The first-order valence-electron chi connectivity index (χ1n) is 18.3. The molecule has 12 heteroatoms. The van der Waals surface area contributed by atoms with Crippen LogP contribution >= 0.6 is 12.4 Å². The van der Waals surface area contributed by atoms with E-state index in [4.69, 9.17) is 9.90 Å². The minimum Gasteiger partial charge on any atom is -0.481 e. The van der Waals surface area contributed by atoms with Gasteiger partial charge in [-0.1, -0.05) is 97.1 Å². The molecule has 0 unspecified atom stereocenters. The Labute approximate surface area is 336 Å². The lowest BCUT2D eigenvalue weighted by Gasteiger charge is -2.46. The predicted octanol–water partition coefficient (Wildman–Crippen LogP) is 7.28. The molecule has 296 valence electrons. The van der Waals surface area contributed by atoms with E-state index in [9.17, 15) is 33.6 Å². The number of fused-ring (bicyclic) bond motifs is 6. The molecule has 0 aliphatic heterocycles. The van der Waals surface area contributed by atoms with Crippen LogP contribution in [0, 0.1) is 0 Å². The summed E-state index contributed by atoms with van der Waals surface area (Å²) >= 11 is 0. The number of ether oxygens (including phenoxy) is 2. The summed E-state index contributed by atoms with van der Waals surface area (Å²) in [4.78, 5) is 90.1. The number of rotatable bonds is 6. The number of carboxylic acid groups (broad SMARTS) is 1. The molecule has 0 radical (unpaired) electrons. The number of hydrogen-bond acceptors (Lipinski definition) is 10. The third-order valence-electron chi connectivity index (χ3n) is 10.2. The quantitative estimate of drug-likeness (QED) is 0.118. The summed E-state index contributed by atoms with van der Waals surface area (Å²) < 4.78 is 9.08. The van der Waals surface area contributed by atoms with Crippen LogP contribution < -0.4 is 0 Å². The van der Waals surface area contributed by atoms with Gasteiger partial charge >= 0.3 is 11.9 Å². The topological polar surface area (TPSA) is 175 Å². The van der Waals surface area contributed by atoms with Crippen molar-refractivity contribution >= 4 is 59.2 Å². The molecule has 1 N–H and O–H groups in total. The molecule has 0 heterocycles. The maximum Gasteiger partial charge on any atom is 0.313 e. The molecule has 2 fully saturated rings. The highest BCUT2D eigenvalue weighted by atomic mass is 35.5. The molecule has 0 amide bonds. The summed E-state index contributed by atoms with van der Waals surface area (Å²) in [6.45, 7) is 4.83. The second-order valence-electron chi connectivity index (χ2n) is 13.8. The molecule has 4 aromatic carbocycles. The van der Waals surface area contributed by atoms with Gasteiger partial charge < -0.3 is 14.6 Å². The number of carbonyl (C=O) groups excluding carboxylic acids is 7. The minimum absolute atomic E-state index is 0. The Bertz CT molecular complexity index is 2070. The molecule has 0 saturated heterocycles. The lowest BCUT2D eigenvalue weighted by Crippen LogP contribution is -2.43. The normalized spacial score (nSPS) is 18.6. The van der Waals surface area contributed by atoms with Crippen molar-refractivity contribution in [2.45, 2.75) is 70.1 Å². The van der Waals surface area contributed by atoms with Gasteiger partial charge in [0.2, 0.25) is 11.6 Å². The number of aliphatic carboxylic acids is 1. The van der Waals surface area contributed by atoms with Gasteiger partial charge in [-0.3, -0.25) is 38.4 Å². The Morgan fingerprint density at radius 2 is 0.807 bits per heavy atom. The smallest absolute Gasteiger partial charge is 0.313 e. The van der Waals surface area contributed by atoms with Gasteiger partial charge in [-0.05, 0) is 47.2 Å². The van der Waals surface area contributed by atoms with Gasteiger partial charge in [0.05, 0.1) is 13.2 Å². The summed E-state index contributed by atoms with van der Waals surface area (Å²) in [5.41, 5.74) is 6.95. The number of halogens is 1. The molecular formula is C45H43ClO11. The van der Waals surface area contributed by atoms with Crippen molar-refractivity contribution in [2.75, 3.05) is 13.2 Å². The van der Waals surface area contributed by atoms with Crippen LogP contribution in [0.15, 0.2) is 97.1 Å². The fourth-order valence-corrected chi connectivity index (χ4v) is 8.33. The number of esters is 2. The van der Waals surface area contributed by atoms with Crippen molar-refractivity contribution in [3.8, 4) is 22.3 Å². The third kappa shape index (κ3) is 8.99. The zero-order chi connectivity index (χ0) is 40.6. The van der Waals surface area contributed by atoms with E-state index in [0.29, 0.717) is 48.4 Å². The average molecular weight is 795 g/mol. The molecule has 0 atom stereocenters. The summed E-state index contributed by atoms with van der Waals surface area (Å²) in [6.07, 6.45) is 1.33. The average Bonchev–Trinajstić information content (AvgIpc) is 3.62. The molecule has 0 bridgehead atoms. The first-order valence-corrected chi connectivity index (χ1v) is 18.3. The van der Waals surface area contributed by atoms with Gasteiger partial charge in [-0.15, -0.1) is 12.4 Å². The van der Waals surface area contributed by atoms with Gasteiger partial charge in [0.25, 0.3) is 5.97 Å². The van der Waals surface area contributed by atoms with Gasteiger partial charge in [-0.2, -0.15) is 0 Å². The van der Waals surface area contributed by atoms with Crippen LogP contribution in [0.3, 0.4) is 0 Å². The fraction of sp³-hybridized carbons (Fsp3) is 0.289. The molecule has 0 spiro atoms. The largest absolute Gasteiger partial charge is 0.481 e. The van der Waals surface area contributed by atoms with Crippen molar-refractivity contribution in [3.63, 3.8) is 0 Å². The number of hydrogen-bond donors (Lipinski definition) is 1. The van der Waals surface area contributed by atoms with E-state index in [0.717, 1.165) is 18.1 Å². The van der Waals surface area contributed by atoms with E-state index in [1.54, 1.807) is 38.1 Å². The number of carboxylic acids is 1. The maximum absolute atomic E-state index is 12.4. The van der Waals surface area contributed by atoms with Crippen LogP contribution in [0.4, 0.5) is 0 Å². The Morgan fingerprint density at radius 1 is 0.526 bits per heavy atom. The van der Waals surface area contributed by atoms with E-state index < -0.39 is 35.3 Å². The number of benzene rings is 4. The van der Waals surface area contributed by atoms with E-state index in [-0.39, 0.29) is 49.3 Å². The van der Waals surface area contributed by atoms with Crippen LogP contribution in [-0.2, 0) is 49.1 Å². The highest BCUT2D eigenvalue weighted by Crippen LogP contribution is 2.67. The molecule has 0 aromatic heterocycles. The molecular weight excluding hydrogens is 752 g/mol. The van der Waals surface area contributed by atoms with Crippen molar-refractivity contribution in [1.29, 1.82) is 0 Å². The summed E-state index contributed by atoms with van der Waals surface area (Å²) in [5, 5.41) is 7.42. The predicted molar refractivity (Wildman–Crippen MR) is 212 cm³/mol. The molecule has 4 aliphatic carbocycles. The summed E-state index contributed by atoms with van der Waals surface area (Å²) in [7, 11) is 0. The SMILES string of the molecule is CC(=O)O.CCOC(=O)CC(=O)CC(=O)OCC.Cl.O=C1C(=O)c2ccccc2-c2ccccc21.O=C1CC23CC(=O)CC2(C1)c1ccccc1-c1ccccc13. The fourth-order valence-electron chi connectivity index (χ4n) is 8.33. The number of Topliss-reactive ketones (excluding diaryl/α,β-unsaturated/α-hetero) is 5. The van der Waals surface area contributed by atoms with Crippen LogP contribution in [0.1, 0.15) is 91.1 Å². The third-order valence-corrected chi connectivity index (χ3v) is 10.2. The van der Waals surface area contributed by atoms with Gasteiger partial charge in [0, 0.05) is 54.6 Å². The Morgan fingerprint density at radius 3 is 1.12 bits per heavy atom. The maximum atomic E-state index is 12.4. The van der Waals surface area contributed by atoms with Gasteiger partial charge in [0.15, 0.2) is 5.78 Å². The molecule has 4 aromatic rings. The molecule has 8 rings (SSSR count). The lowest BCUT2D eigenvalue weighted by molar-refractivity contribution is -0.148. The number of ketones is 5. The van der Waals surface area contributed by atoms with E-state index in [2.05, 4.69) is 33.7 Å². The standard InChI is InChI=1S/C20H16O2.C14H8O2.C9H14O5.C2H4O2.ClH/c21-13-9-19-10-14(22)12-20(19,11-13)18-8-4-2-6-16(18)15-5-1-3-7-17(15)19;15-13-11-7-3-1-5-9(11)10-6-2-4-8-12(10)14(13)16;1-3-13-8(11)5-7(10)6-9(12)14-4-2;1-2(3)4;/h1-8H,9-12H2;1-8H;3-6H2,1-2H3;1H3,(H,3,4);1H. The molecule has 57 heavy (non-hydrogen) atoms. The van der Waals surface area contributed by atoms with E-state index in [1.807, 2.05) is 48.5 Å². The minimum atomic E-state index is -0.833. The van der Waals surface area contributed by atoms with E-state index >= 15 is 0 Å². The zero-order valence-corrected chi connectivity index (χ0v) is 32.6. The summed E-state index contributed by atoms with van der Waals surface area (Å²) in [5.74, 6) is -2.74. The monoisotopic (exact) mass is 794 g/mol. The van der Waals surface area contributed by atoms with Gasteiger partial charge in [0.1, 0.15) is 24.4 Å². The highest BCUT2D eigenvalue weighted by molar-refractivity contribution is 6.53. The molecule has 4 aliphatic rings. The van der Waals surface area contributed by atoms with Crippen LogP contribution in [0.2, 0.25) is 0 Å². The van der Waals surface area contributed by atoms with Crippen molar-refractivity contribution in [3.05, 3.63) is 119 Å². The first-order chi connectivity index (χ1) is 26.8. The Hall–Kier alpha value is -6.07. The van der Waals surface area contributed by atoms with Crippen LogP contribution in [0.25, 0.3) is 22.3 Å². The summed E-state index contributed by atoms with van der Waals surface area (Å²) in [6, 6.07) is 31.2. The van der Waals surface area contributed by atoms with Crippen molar-refractivity contribution in [2.24, 2.45) is 0 Å². The highest BCUT2D eigenvalue weighted by Gasteiger charge is 2.67. The number of carbonyl (C=O) groups is 8. The van der Waals surface area contributed by atoms with Gasteiger partial charge in [-0.25, -0.2) is 0 Å². The van der Waals surface area contributed by atoms with E-state index in [1.165, 1.54) is 22.3 Å². The molecule has 2 saturated carbocycles. The van der Waals surface area contributed by atoms with Crippen molar-refractivity contribution < 1.29 is 52.9 Å². The zero-order valence-electron chi connectivity index (χ0n) is 31.8. The Kier molecular flexibility index (Phi) is 14.3. The van der Waals surface area contributed by atoms with Crippen LogP contribution in [-0.4, -0.2) is 65.1 Å². The van der Waals surface area contributed by atoms with Crippen molar-refractivity contribution in [1.82, 2.24) is 0 Å². The second kappa shape index (κ2) is 18.7. The first kappa shape index (κ1) is 43.7. The van der Waals surface area contributed by atoms with Crippen LogP contribution in [0.5, 0.6) is 0 Å². The Balaban J connectivity index is 0.000000185.